The molecule has 0 radical (unpaired) electrons. The van der Waals surface area contributed by atoms with E-state index in [0.29, 0.717) is 12.2 Å². The number of guanidine groups is 1. The van der Waals surface area contributed by atoms with Gasteiger partial charge in [-0.25, -0.2) is 4.39 Å². The number of nitrogens with one attached hydrogen (secondary N) is 1. The van der Waals surface area contributed by atoms with Crippen LogP contribution in [0.2, 0.25) is 0 Å². The van der Waals surface area contributed by atoms with Crippen molar-refractivity contribution in [3.8, 4) is 0 Å². The maximum atomic E-state index is 14.0. The molecule has 0 aliphatic carbocycles. The van der Waals surface area contributed by atoms with E-state index in [0.717, 1.165) is 50.8 Å². The zero-order valence-corrected chi connectivity index (χ0v) is 15.2. The predicted molar refractivity (Wildman–Crippen MR) is 104 cm³/mol. The highest BCUT2D eigenvalue weighted by molar-refractivity contribution is 5.80. The molecule has 2 heterocycles. The Morgan fingerprint density at radius 2 is 1.88 bits per heavy atom. The third-order valence-electron chi connectivity index (χ3n) is 4.46. The summed E-state index contributed by atoms with van der Waals surface area (Å²) in [5, 5.41) is 3.37. The first-order valence-corrected chi connectivity index (χ1v) is 9.20. The standard InChI is InChI=1S/C20H26FN5/c1-2-22-20(24-12-10-17-7-5-6-11-23-17)26-15-13-25(14-16-26)19-9-4-3-8-18(19)21/h3-9,11H,2,10,12-16H2,1H3,(H,22,24). The molecule has 26 heavy (non-hydrogen) atoms. The van der Waals surface area contributed by atoms with Crippen molar-refractivity contribution in [3.63, 3.8) is 0 Å². The van der Waals surface area contributed by atoms with Gasteiger partial charge < -0.3 is 15.1 Å². The van der Waals surface area contributed by atoms with E-state index in [4.69, 9.17) is 4.99 Å². The van der Waals surface area contributed by atoms with Gasteiger partial charge in [0.1, 0.15) is 5.82 Å². The lowest BCUT2D eigenvalue weighted by molar-refractivity contribution is 0.371. The zero-order chi connectivity index (χ0) is 18.2. The van der Waals surface area contributed by atoms with Gasteiger partial charge in [0.2, 0.25) is 0 Å². The first-order chi connectivity index (χ1) is 12.8. The fourth-order valence-corrected chi connectivity index (χ4v) is 3.12. The first kappa shape index (κ1) is 18.2. The number of piperazine rings is 1. The SMILES string of the molecule is CCNC(=NCCc1ccccn1)N1CCN(c2ccccc2F)CC1. The van der Waals surface area contributed by atoms with Crippen LogP contribution >= 0.6 is 0 Å². The maximum absolute atomic E-state index is 14.0. The summed E-state index contributed by atoms with van der Waals surface area (Å²) in [4.78, 5) is 13.4. The predicted octanol–water partition coefficient (Wildman–Crippen LogP) is 2.55. The van der Waals surface area contributed by atoms with E-state index in [1.165, 1.54) is 6.07 Å². The summed E-state index contributed by atoms with van der Waals surface area (Å²) in [7, 11) is 0. The summed E-state index contributed by atoms with van der Waals surface area (Å²) < 4.78 is 14.0. The van der Waals surface area contributed by atoms with E-state index in [-0.39, 0.29) is 5.82 Å². The van der Waals surface area contributed by atoms with E-state index in [1.807, 2.05) is 36.5 Å². The van der Waals surface area contributed by atoms with Crippen LogP contribution in [0.5, 0.6) is 0 Å². The van der Waals surface area contributed by atoms with Gasteiger partial charge in [-0.2, -0.15) is 0 Å². The molecule has 138 valence electrons. The van der Waals surface area contributed by atoms with Gasteiger partial charge >= 0.3 is 0 Å². The maximum Gasteiger partial charge on any atom is 0.194 e. The van der Waals surface area contributed by atoms with Crippen LogP contribution in [0.25, 0.3) is 0 Å². The number of para-hydroxylation sites is 1. The van der Waals surface area contributed by atoms with Gasteiger partial charge in [0, 0.05) is 57.6 Å². The number of pyridine rings is 1. The number of hydrogen-bond acceptors (Lipinski definition) is 3. The number of hydrogen-bond donors (Lipinski definition) is 1. The molecule has 0 saturated carbocycles. The summed E-state index contributed by atoms with van der Waals surface area (Å²) in [5.74, 6) is 0.772. The van der Waals surface area contributed by atoms with Crippen LogP contribution in [0.4, 0.5) is 10.1 Å². The summed E-state index contributed by atoms with van der Waals surface area (Å²) in [6.07, 6.45) is 2.64. The van der Waals surface area contributed by atoms with Gasteiger partial charge in [-0.1, -0.05) is 18.2 Å². The van der Waals surface area contributed by atoms with Gasteiger partial charge in [0.15, 0.2) is 5.96 Å². The zero-order valence-electron chi connectivity index (χ0n) is 15.2. The number of rotatable bonds is 5. The molecule has 3 rings (SSSR count). The minimum Gasteiger partial charge on any atom is -0.366 e. The summed E-state index contributed by atoms with van der Waals surface area (Å²) in [5.41, 5.74) is 1.74. The molecule has 1 saturated heterocycles. The quantitative estimate of drug-likeness (QED) is 0.661. The van der Waals surface area contributed by atoms with Gasteiger partial charge in [-0.3, -0.25) is 9.98 Å². The smallest absolute Gasteiger partial charge is 0.194 e. The average molecular weight is 355 g/mol. The van der Waals surface area contributed by atoms with Crippen LogP contribution in [0.15, 0.2) is 53.7 Å². The lowest BCUT2D eigenvalue weighted by Gasteiger charge is -2.37. The number of aliphatic imine (C=N–C) groups is 1. The molecule has 1 aromatic heterocycles. The molecule has 1 aromatic carbocycles. The molecule has 1 aliphatic heterocycles. The number of aromatic nitrogens is 1. The minimum atomic E-state index is -0.156. The van der Waals surface area contributed by atoms with Crippen molar-refractivity contribution < 1.29 is 4.39 Å². The third kappa shape index (κ3) is 4.71. The topological polar surface area (TPSA) is 43.8 Å². The largest absolute Gasteiger partial charge is 0.366 e. The molecule has 6 heteroatoms. The van der Waals surface area contributed by atoms with E-state index in [2.05, 4.69) is 27.0 Å². The molecule has 0 bridgehead atoms. The molecule has 0 spiro atoms. The van der Waals surface area contributed by atoms with Crippen LogP contribution in [-0.4, -0.2) is 55.1 Å². The molecular formula is C20H26FN5. The van der Waals surface area contributed by atoms with Gasteiger partial charge in [0.05, 0.1) is 5.69 Å². The molecule has 0 amide bonds. The van der Waals surface area contributed by atoms with Gasteiger partial charge in [-0.15, -0.1) is 0 Å². The molecule has 1 aliphatic rings. The van der Waals surface area contributed by atoms with Crippen LogP contribution in [0.3, 0.4) is 0 Å². The monoisotopic (exact) mass is 355 g/mol. The molecule has 1 N–H and O–H groups in total. The second-order valence-electron chi connectivity index (χ2n) is 6.23. The number of benzene rings is 1. The van der Waals surface area contributed by atoms with Crippen molar-refractivity contribution >= 4 is 11.6 Å². The van der Waals surface area contributed by atoms with Crippen LogP contribution in [0.1, 0.15) is 12.6 Å². The molecule has 0 unspecified atom stereocenters. The Bertz CT molecular complexity index is 711. The Morgan fingerprint density at radius 1 is 1.12 bits per heavy atom. The van der Waals surface area contributed by atoms with Crippen molar-refractivity contribution in [2.45, 2.75) is 13.3 Å². The van der Waals surface area contributed by atoms with Crippen molar-refractivity contribution in [1.82, 2.24) is 15.2 Å². The Hall–Kier alpha value is -2.63. The molecule has 2 aromatic rings. The molecule has 5 nitrogen and oxygen atoms in total. The van der Waals surface area contributed by atoms with Gasteiger partial charge in [-0.05, 0) is 31.2 Å². The fourth-order valence-electron chi connectivity index (χ4n) is 3.12. The lowest BCUT2D eigenvalue weighted by Crippen LogP contribution is -2.52. The normalized spacial score (nSPS) is 15.2. The molecule has 0 atom stereocenters. The van der Waals surface area contributed by atoms with Crippen molar-refractivity contribution in [3.05, 3.63) is 60.2 Å². The van der Waals surface area contributed by atoms with Crippen molar-refractivity contribution in [2.75, 3.05) is 44.2 Å². The van der Waals surface area contributed by atoms with E-state index >= 15 is 0 Å². The second kappa shape index (κ2) is 9.17. The lowest BCUT2D eigenvalue weighted by atomic mass is 10.2. The number of nitrogens with zero attached hydrogens (tertiary/aromatic N) is 4. The summed E-state index contributed by atoms with van der Waals surface area (Å²) in [6, 6.07) is 12.9. The highest BCUT2D eigenvalue weighted by Gasteiger charge is 2.21. The van der Waals surface area contributed by atoms with E-state index in [9.17, 15) is 4.39 Å². The minimum absolute atomic E-state index is 0.156. The average Bonchev–Trinajstić information content (AvgIpc) is 2.69. The Morgan fingerprint density at radius 3 is 2.58 bits per heavy atom. The van der Waals surface area contributed by atoms with Crippen LogP contribution in [-0.2, 0) is 6.42 Å². The molecular weight excluding hydrogens is 329 g/mol. The van der Waals surface area contributed by atoms with E-state index in [1.54, 1.807) is 6.07 Å². The van der Waals surface area contributed by atoms with Crippen LogP contribution in [0, 0.1) is 5.82 Å². The fraction of sp³-hybridized carbons (Fsp3) is 0.400. The van der Waals surface area contributed by atoms with Crippen molar-refractivity contribution in [1.29, 1.82) is 0 Å². The Balaban J connectivity index is 1.57. The Kier molecular flexibility index (Phi) is 6.41. The number of anilines is 1. The summed E-state index contributed by atoms with van der Waals surface area (Å²) >= 11 is 0. The Labute approximate surface area is 154 Å². The number of halogens is 1. The highest BCUT2D eigenvalue weighted by atomic mass is 19.1. The highest BCUT2D eigenvalue weighted by Crippen LogP contribution is 2.20. The second-order valence-corrected chi connectivity index (χ2v) is 6.23. The van der Waals surface area contributed by atoms with E-state index < -0.39 is 0 Å². The molecule has 1 fully saturated rings. The summed E-state index contributed by atoms with van der Waals surface area (Å²) in [6.45, 7) is 6.82. The van der Waals surface area contributed by atoms with Crippen LogP contribution < -0.4 is 10.2 Å². The first-order valence-electron chi connectivity index (χ1n) is 9.20. The van der Waals surface area contributed by atoms with Crippen molar-refractivity contribution in [2.24, 2.45) is 4.99 Å². The van der Waals surface area contributed by atoms with Gasteiger partial charge in [0.25, 0.3) is 0 Å². The third-order valence-corrected chi connectivity index (χ3v) is 4.46.